The van der Waals surface area contributed by atoms with Gasteiger partial charge in [0.1, 0.15) is 11.4 Å². The second-order valence-corrected chi connectivity index (χ2v) is 12.7. The maximum atomic E-state index is 14.5. The molecule has 5 rings (SSSR count). The van der Waals surface area contributed by atoms with Crippen LogP contribution in [-0.2, 0) is 17.5 Å². The maximum Gasteiger partial charge on any atom is 0.416 e. The summed E-state index contributed by atoms with van der Waals surface area (Å²) in [6.07, 6.45) is -4.77. The minimum atomic E-state index is -4.77. The first-order valence-electron chi connectivity index (χ1n) is 15.2. The molecule has 1 aromatic heterocycles. The van der Waals surface area contributed by atoms with Crippen LogP contribution in [0.2, 0.25) is 0 Å². The summed E-state index contributed by atoms with van der Waals surface area (Å²) in [4.78, 5) is 26.0. The average Bonchev–Trinajstić information content (AvgIpc) is 3.24. The zero-order valence-corrected chi connectivity index (χ0v) is 27.1. The predicted molar refractivity (Wildman–Crippen MR) is 175 cm³/mol. The summed E-state index contributed by atoms with van der Waals surface area (Å²) >= 11 is 0. The highest BCUT2D eigenvalue weighted by Crippen LogP contribution is 2.36. The third-order valence-corrected chi connectivity index (χ3v) is 8.19. The molecule has 9 heteroatoms. The number of nitrogens with one attached hydrogen (secondary N) is 1. The van der Waals surface area contributed by atoms with Crippen molar-refractivity contribution in [1.82, 2.24) is 9.88 Å². The highest BCUT2D eigenvalue weighted by atomic mass is 19.4. The molecule has 0 fully saturated rings. The lowest BCUT2D eigenvalue weighted by Gasteiger charge is -2.20. The van der Waals surface area contributed by atoms with E-state index in [0.29, 0.717) is 12.1 Å². The van der Waals surface area contributed by atoms with Crippen molar-refractivity contribution in [3.05, 3.63) is 130 Å². The van der Waals surface area contributed by atoms with Gasteiger partial charge in [0, 0.05) is 34.3 Å². The Morgan fingerprint density at radius 1 is 0.894 bits per heavy atom. The fourth-order valence-corrected chi connectivity index (χ4v) is 5.79. The van der Waals surface area contributed by atoms with Gasteiger partial charge in [-0.15, -0.1) is 0 Å². The fourth-order valence-electron chi connectivity index (χ4n) is 5.79. The molecule has 0 aliphatic carbocycles. The third kappa shape index (κ3) is 7.09. The van der Waals surface area contributed by atoms with Crippen LogP contribution in [0.5, 0.6) is 0 Å². The van der Waals surface area contributed by atoms with Crippen LogP contribution in [0, 0.1) is 19.7 Å². The molecule has 0 spiro atoms. The molecule has 244 valence electrons. The van der Waals surface area contributed by atoms with Crippen LogP contribution in [0.25, 0.3) is 22.0 Å². The molecule has 1 heterocycles. The number of rotatable bonds is 7. The number of halogens is 4. The van der Waals surface area contributed by atoms with E-state index >= 15 is 0 Å². The van der Waals surface area contributed by atoms with Crippen molar-refractivity contribution in [3.63, 3.8) is 0 Å². The molecule has 1 N–H and O–H groups in total. The quantitative estimate of drug-likeness (QED) is 0.142. The number of nitrogens with zero attached hydrogens (tertiary/aromatic N) is 1. The highest BCUT2D eigenvalue weighted by Gasteiger charge is 2.36. The standard InChI is InChI=1S/C38H36F4N2O3/c1-22-24(3)44(21-25-14-16-26(17-15-25)28-10-7-8-11-29(28)36(46)47-37(4,5)6)33-19-18-27(20-30(22)33)35(45)43-23(2)34-31(38(40,41)42)12-9-13-32(34)39/h7-20,23H,21H2,1-6H3,(H,43,45). The van der Waals surface area contributed by atoms with Gasteiger partial charge in [0.05, 0.1) is 17.2 Å². The van der Waals surface area contributed by atoms with Crippen molar-refractivity contribution in [2.45, 2.75) is 65.9 Å². The van der Waals surface area contributed by atoms with Gasteiger partial charge in [-0.3, -0.25) is 4.79 Å². The fraction of sp³-hybridized carbons (Fsp3) is 0.263. The van der Waals surface area contributed by atoms with Crippen LogP contribution in [0.15, 0.2) is 84.9 Å². The molecule has 1 atom stereocenters. The van der Waals surface area contributed by atoms with E-state index in [1.165, 1.54) is 6.92 Å². The van der Waals surface area contributed by atoms with Gasteiger partial charge in [0.25, 0.3) is 5.91 Å². The number of hydrogen-bond acceptors (Lipinski definition) is 3. The normalized spacial score (nSPS) is 12.6. The van der Waals surface area contributed by atoms with Gasteiger partial charge in [-0.1, -0.05) is 48.5 Å². The number of benzene rings is 4. The summed E-state index contributed by atoms with van der Waals surface area (Å²) in [7, 11) is 0. The molecule has 0 saturated heterocycles. The van der Waals surface area contributed by atoms with E-state index in [2.05, 4.69) is 9.88 Å². The minimum Gasteiger partial charge on any atom is -0.456 e. The number of aromatic nitrogens is 1. The number of aryl methyl sites for hydroxylation is 1. The third-order valence-electron chi connectivity index (χ3n) is 8.19. The van der Waals surface area contributed by atoms with Gasteiger partial charge in [-0.2, -0.15) is 13.2 Å². The zero-order chi connectivity index (χ0) is 34.3. The lowest BCUT2D eigenvalue weighted by atomic mass is 9.98. The molecular formula is C38H36F4N2O3. The Hall–Kier alpha value is -4.92. The Morgan fingerprint density at radius 2 is 1.57 bits per heavy atom. The summed E-state index contributed by atoms with van der Waals surface area (Å²) in [6, 6.07) is 21.9. The molecule has 0 saturated carbocycles. The van der Waals surface area contributed by atoms with Gasteiger partial charge >= 0.3 is 12.1 Å². The van der Waals surface area contributed by atoms with Gasteiger partial charge in [-0.05, 0) is 100 Å². The second-order valence-electron chi connectivity index (χ2n) is 12.7. The van der Waals surface area contributed by atoms with Crippen LogP contribution in [0.3, 0.4) is 0 Å². The Balaban J connectivity index is 1.38. The van der Waals surface area contributed by atoms with Crippen LogP contribution in [-0.4, -0.2) is 22.0 Å². The van der Waals surface area contributed by atoms with Crippen molar-refractivity contribution in [2.75, 3.05) is 0 Å². The van der Waals surface area contributed by atoms with Crippen molar-refractivity contribution in [1.29, 1.82) is 0 Å². The van der Waals surface area contributed by atoms with E-state index in [0.717, 1.165) is 57.0 Å². The Bertz CT molecular complexity index is 1970. The molecule has 0 bridgehead atoms. The molecular weight excluding hydrogens is 608 g/mol. The predicted octanol–water partition coefficient (Wildman–Crippen LogP) is 9.58. The van der Waals surface area contributed by atoms with Gasteiger partial charge in [0.15, 0.2) is 0 Å². The number of carbonyl (C=O) groups is 2. The van der Waals surface area contributed by atoms with E-state index in [-0.39, 0.29) is 11.5 Å². The van der Waals surface area contributed by atoms with Gasteiger partial charge < -0.3 is 14.6 Å². The number of amides is 1. The molecule has 1 amide bonds. The molecule has 0 aliphatic heterocycles. The summed E-state index contributed by atoms with van der Waals surface area (Å²) in [6.45, 7) is 11.3. The summed E-state index contributed by atoms with van der Waals surface area (Å²) in [5.74, 6) is -2.03. The van der Waals surface area contributed by atoms with Gasteiger partial charge in [0.2, 0.25) is 0 Å². The lowest BCUT2D eigenvalue weighted by molar-refractivity contribution is -0.138. The Kier molecular flexibility index (Phi) is 9.04. The first-order valence-corrected chi connectivity index (χ1v) is 15.2. The van der Waals surface area contributed by atoms with Crippen LogP contribution in [0.1, 0.15) is 82.4 Å². The number of carbonyl (C=O) groups excluding carboxylic acids is 2. The van der Waals surface area contributed by atoms with E-state index < -0.39 is 40.7 Å². The Morgan fingerprint density at radius 3 is 2.23 bits per heavy atom. The Labute approximate surface area is 271 Å². The first kappa shape index (κ1) is 33.4. The van der Waals surface area contributed by atoms with E-state index in [1.54, 1.807) is 18.2 Å². The molecule has 4 aromatic carbocycles. The molecule has 1 unspecified atom stereocenters. The van der Waals surface area contributed by atoms with Crippen molar-refractivity contribution in [3.8, 4) is 11.1 Å². The molecule has 5 nitrogen and oxygen atoms in total. The van der Waals surface area contributed by atoms with Crippen molar-refractivity contribution >= 4 is 22.8 Å². The van der Waals surface area contributed by atoms with Crippen molar-refractivity contribution in [2.24, 2.45) is 0 Å². The summed E-state index contributed by atoms with van der Waals surface area (Å²) < 4.78 is 62.9. The van der Waals surface area contributed by atoms with Crippen LogP contribution >= 0.6 is 0 Å². The van der Waals surface area contributed by atoms with Crippen molar-refractivity contribution < 1.29 is 31.9 Å². The SMILES string of the molecule is Cc1c(C)n(Cc2ccc(-c3ccccc3C(=O)OC(C)(C)C)cc2)c2ccc(C(=O)NC(C)c3c(F)cccc3C(F)(F)F)cc12. The molecule has 5 aromatic rings. The first-order chi connectivity index (χ1) is 22.0. The van der Waals surface area contributed by atoms with E-state index in [9.17, 15) is 27.2 Å². The lowest BCUT2D eigenvalue weighted by Crippen LogP contribution is -2.29. The summed E-state index contributed by atoms with van der Waals surface area (Å²) in [5, 5.41) is 3.36. The minimum absolute atomic E-state index is 0.252. The monoisotopic (exact) mass is 644 g/mol. The zero-order valence-electron chi connectivity index (χ0n) is 27.1. The number of alkyl halides is 3. The average molecular weight is 645 g/mol. The van der Waals surface area contributed by atoms with Crippen LogP contribution < -0.4 is 5.32 Å². The number of fused-ring (bicyclic) bond motifs is 1. The summed E-state index contributed by atoms with van der Waals surface area (Å²) in [5.41, 5.74) is 3.91. The number of ether oxygens (including phenoxy) is 1. The topological polar surface area (TPSA) is 60.3 Å². The van der Waals surface area contributed by atoms with Crippen LogP contribution in [0.4, 0.5) is 17.6 Å². The number of hydrogen-bond donors (Lipinski definition) is 1. The highest BCUT2D eigenvalue weighted by molar-refractivity contribution is 5.99. The second kappa shape index (κ2) is 12.7. The smallest absolute Gasteiger partial charge is 0.416 e. The maximum absolute atomic E-state index is 14.5. The van der Waals surface area contributed by atoms with E-state index in [4.69, 9.17) is 4.74 Å². The molecule has 0 aliphatic rings. The number of esters is 1. The largest absolute Gasteiger partial charge is 0.456 e. The van der Waals surface area contributed by atoms with E-state index in [1.807, 2.05) is 83.1 Å². The van der Waals surface area contributed by atoms with Gasteiger partial charge in [-0.25, -0.2) is 9.18 Å². The molecule has 47 heavy (non-hydrogen) atoms. The molecule has 0 radical (unpaired) electrons.